The van der Waals surface area contributed by atoms with E-state index in [0.29, 0.717) is 11.3 Å². The fourth-order valence-corrected chi connectivity index (χ4v) is 4.92. The summed E-state index contributed by atoms with van der Waals surface area (Å²) in [5.41, 5.74) is 0.968. The van der Waals surface area contributed by atoms with Crippen molar-refractivity contribution in [3.8, 4) is 0 Å². The summed E-state index contributed by atoms with van der Waals surface area (Å²) in [4.78, 5) is 18.7. The molecule has 0 aliphatic heterocycles. The molecular formula is C21H28N4O3S. The number of rotatable bonds is 6. The average molecular weight is 417 g/mol. The highest BCUT2D eigenvalue weighted by Crippen LogP contribution is 2.27. The lowest BCUT2D eigenvalue weighted by Gasteiger charge is -2.30. The molecule has 1 aliphatic rings. The summed E-state index contributed by atoms with van der Waals surface area (Å²) in [5.74, 6) is 0.468. The zero-order valence-electron chi connectivity index (χ0n) is 17.1. The molecule has 1 heterocycles. The van der Waals surface area contributed by atoms with Gasteiger partial charge in [0.15, 0.2) is 0 Å². The van der Waals surface area contributed by atoms with Crippen molar-refractivity contribution in [3.63, 3.8) is 0 Å². The molecule has 29 heavy (non-hydrogen) atoms. The maximum absolute atomic E-state index is 12.9. The minimum absolute atomic E-state index is 0.0609. The van der Waals surface area contributed by atoms with Gasteiger partial charge in [-0.3, -0.25) is 4.79 Å². The number of benzene rings is 1. The van der Waals surface area contributed by atoms with Crippen LogP contribution < -0.4 is 10.2 Å². The van der Waals surface area contributed by atoms with Crippen molar-refractivity contribution in [1.29, 1.82) is 0 Å². The molecule has 3 rings (SSSR count). The number of hydrogen-bond donors (Lipinski definition) is 1. The largest absolute Gasteiger partial charge is 0.363 e. The van der Waals surface area contributed by atoms with Crippen molar-refractivity contribution >= 4 is 27.4 Å². The van der Waals surface area contributed by atoms with Gasteiger partial charge in [-0.1, -0.05) is 19.3 Å². The topological polar surface area (TPSA) is 82.6 Å². The number of aromatic nitrogens is 1. The first-order valence-electron chi connectivity index (χ1n) is 9.82. The van der Waals surface area contributed by atoms with E-state index in [-0.39, 0.29) is 16.8 Å². The summed E-state index contributed by atoms with van der Waals surface area (Å²) in [5, 5.41) is 2.78. The Hall–Kier alpha value is -2.45. The molecule has 0 radical (unpaired) electrons. The highest BCUT2D eigenvalue weighted by molar-refractivity contribution is 7.89. The van der Waals surface area contributed by atoms with Gasteiger partial charge in [-0.2, -0.15) is 4.31 Å². The molecule has 0 spiro atoms. The van der Waals surface area contributed by atoms with Gasteiger partial charge in [0.2, 0.25) is 10.0 Å². The van der Waals surface area contributed by atoms with Gasteiger partial charge in [-0.15, -0.1) is 0 Å². The van der Waals surface area contributed by atoms with Crippen LogP contribution in [0.3, 0.4) is 0 Å². The molecule has 1 aromatic carbocycles. The first kappa shape index (κ1) is 21.3. The first-order valence-corrected chi connectivity index (χ1v) is 11.3. The molecule has 156 valence electrons. The molecule has 1 fully saturated rings. The van der Waals surface area contributed by atoms with Crippen molar-refractivity contribution < 1.29 is 13.2 Å². The lowest BCUT2D eigenvalue weighted by Crippen LogP contribution is -2.38. The predicted octanol–water partition coefficient (Wildman–Crippen LogP) is 3.35. The van der Waals surface area contributed by atoms with E-state index in [2.05, 4.69) is 10.3 Å². The molecule has 7 nitrogen and oxygen atoms in total. The number of pyridine rings is 1. The molecule has 1 saturated carbocycles. The summed E-state index contributed by atoms with van der Waals surface area (Å²) < 4.78 is 27.3. The molecule has 0 bridgehead atoms. The third-order valence-corrected chi connectivity index (χ3v) is 7.27. The highest BCUT2D eigenvalue weighted by atomic mass is 32.2. The predicted molar refractivity (Wildman–Crippen MR) is 115 cm³/mol. The molecule has 1 amide bonds. The van der Waals surface area contributed by atoms with Crippen LogP contribution >= 0.6 is 0 Å². The summed E-state index contributed by atoms with van der Waals surface area (Å²) in [6.07, 6.45) is 6.64. The van der Waals surface area contributed by atoms with Crippen LogP contribution in [0.2, 0.25) is 0 Å². The molecule has 2 aromatic rings. The van der Waals surface area contributed by atoms with Crippen LogP contribution in [0.4, 0.5) is 11.5 Å². The van der Waals surface area contributed by atoms with Crippen LogP contribution in [-0.2, 0) is 10.0 Å². The number of amides is 1. The van der Waals surface area contributed by atoms with Gasteiger partial charge in [0.25, 0.3) is 5.91 Å². The van der Waals surface area contributed by atoms with Gasteiger partial charge in [0.05, 0.1) is 10.5 Å². The van der Waals surface area contributed by atoms with Crippen molar-refractivity contribution in [1.82, 2.24) is 9.29 Å². The van der Waals surface area contributed by atoms with E-state index in [0.717, 1.165) is 31.5 Å². The fraction of sp³-hybridized carbons (Fsp3) is 0.429. The molecule has 1 aliphatic carbocycles. The zero-order valence-corrected chi connectivity index (χ0v) is 17.9. The van der Waals surface area contributed by atoms with Gasteiger partial charge in [0, 0.05) is 39.1 Å². The minimum Gasteiger partial charge on any atom is -0.363 e. The van der Waals surface area contributed by atoms with Crippen LogP contribution in [0.5, 0.6) is 0 Å². The minimum atomic E-state index is -3.54. The Morgan fingerprint density at radius 2 is 1.66 bits per heavy atom. The summed E-state index contributed by atoms with van der Waals surface area (Å²) in [6, 6.07) is 9.84. The average Bonchev–Trinajstić information content (AvgIpc) is 2.74. The van der Waals surface area contributed by atoms with Gasteiger partial charge >= 0.3 is 0 Å². The third-order valence-electron chi connectivity index (χ3n) is 5.35. The van der Waals surface area contributed by atoms with Crippen molar-refractivity contribution in [3.05, 3.63) is 48.2 Å². The monoisotopic (exact) mass is 416 g/mol. The summed E-state index contributed by atoms with van der Waals surface area (Å²) in [7, 11) is 1.87. The van der Waals surface area contributed by atoms with E-state index < -0.39 is 10.0 Å². The van der Waals surface area contributed by atoms with Crippen molar-refractivity contribution in [2.45, 2.75) is 43.0 Å². The SMILES string of the molecule is CN(C)c1ccc(C(=O)Nc2ccc(S(=O)(=O)N(C)C3CCCCC3)cc2)cn1. The van der Waals surface area contributed by atoms with Gasteiger partial charge in [-0.05, 0) is 49.2 Å². The lowest BCUT2D eigenvalue weighted by atomic mass is 9.96. The standard InChI is InChI=1S/C21H28N4O3S/c1-24(2)20-14-9-16(15-22-20)21(26)23-17-10-12-19(13-11-17)29(27,28)25(3)18-7-5-4-6-8-18/h9-15,18H,4-8H2,1-3H3,(H,23,26). The fourth-order valence-electron chi connectivity index (χ4n) is 3.51. The number of carbonyl (C=O) groups is 1. The van der Waals surface area contributed by atoms with Crippen molar-refractivity contribution in [2.75, 3.05) is 31.4 Å². The maximum atomic E-state index is 12.9. The Morgan fingerprint density at radius 3 is 2.21 bits per heavy atom. The Bertz CT molecular complexity index is 935. The first-order chi connectivity index (χ1) is 13.8. The molecule has 0 unspecified atom stereocenters. The van der Waals surface area contributed by atoms with Gasteiger partial charge in [0.1, 0.15) is 5.82 Å². The van der Waals surface area contributed by atoms with Crippen LogP contribution in [0.1, 0.15) is 42.5 Å². The number of sulfonamides is 1. The smallest absolute Gasteiger partial charge is 0.257 e. The molecule has 1 aromatic heterocycles. The number of nitrogens with zero attached hydrogens (tertiary/aromatic N) is 3. The van der Waals surface area contributed by atoms with E-state index >= 15 is 0 Å². The number of nitrogens with one attached hydrogen (secondary N) is 1. The van der Waals surface area contributed by atoms with E-state index in [1.165, 1.54) is 29.1 Å². The van der Waals surface area contributed by atoms with E-state index in [1.54, 1.807) is 31.3 Å². The maximum Gasteiger partial charge on any atom is 0.257 e. The van der Waals surface area contributed by atoms with Crippen LogP contribution in [0.15, 0.2) is 47.5 Å². The van der Waals surface area contributed by atoms with Gasteiger partial charge in [-0.25, -0.2) is 13.4 Å². The molecule has 0 atom stereocenters. The summed E-state index contributed by atoms with van der Waals surface area (Å²) in [6.45, 7) is 0. The molecule has 0 saturated heterocycles. The van der Waals surface area contributed by atoms with Gasteiger partial charge < -0.3 is 10.2 Å². The third kappa shape index (κ3) is 4.94. The number of carbonyl (C=O) groups excluding carboxylic acids is 1. The Balaban J connectivity index is 1.68. The Kier molecular flexibility index (Phi) is 6.54. The normalized spacial score (nSPS) is 15.3. The van der Waals surface area contributed by atoms with E-state index in [9.17, 15) is 13.2 Å². The molecular weight excluding hydrogens is 388 g/mol. The van der Waals surface area contributed by atoms with Crippen LogP contribution in [-0.4, -0.2) is 50.8 Å². The van der Waals surface area contributed by atoms with E-state index in [4.69, 9.17) is 0 Å². The summed E-state index contributed by atoms with van der Waals surface area (Å²) >= 11 is 0. The second-order valence-corrected chi connectivity index (χ2v) is 9.59. The van der Waals surface area contributed by atoms with E-state index in [1.807, 2.05) is 19.0 Å². The van der Waals surface area contributed by atoms with Crippen LogP contribution in [0, 0.1) is 0 Å². The second-order valence-electron chi connectivity index (χ2n) is 7.59. The Morgan fingerprint density at radius 1 is 1.00 bits per heavy atom. The number of hydrogen-bond acceptors (Lipinski definition) is 5. The molecule has 1 N–H and O–H groups in total. The Labute approximate surface area is 172 Å². The molecule has 8 heteroatoms. The van der Waals surface area contributed by atoms with Crippen LogP contribution in [0.25, 0.3) is 0 Å². The zero-order chi connectivity index (χ0) is 21.0. The van der Waals surface area contributed by atoms with Crippen molar-refractivity contribution in [2.24, 2.45) is 0 Å². The lowest BCUT2D eigenvalue weighted by molar-refractivity contribution is 0.102. The second kappa shape index (κ2) is 8.92. The quantitative estimate of drug-likeness (QED) is 0.781. The number of anilines is 2. The highest BCUT2D eigenvalue weighted by Gasteiger charge is 2.28.